The molecule has 2 fully saturated rings. The van der Waals surface area contributed by atoms with Crippen LogP contribution in [0.1, 0.15) is 66.2 Å². The van der Waals surface area contributed by atoms with Gasteiger partial charge >= 0.3 is 0 Å². The third kappa shape index (κ3) is 5.22. The van der Waals surface area contributed by atoms with E-state index < -0.39 is 0 Å². The van der Waals surface area contributed by atoms with Gasteiger partial charge < -0.3 is 10.4 Å². The van der Waals surface area contributed by atoms with E-state index in [1.54, 1.807) is 0 Å². The number of aliphatic hydroxyl groups excluding tert-OH is 1. The highest BCUT2D eigenvalue weighted by molar-refractivity contribution is 4.89. The van der Waals surface area contributed by atoms with E-state index in [1.165, 1.54) is 38.6 Å². The van der Waals surface area contributed by atoms with Crippen molar-refractivity contribution in [3.8, 4) is 0 Å². The Balaban J connectivity index is 1.90. The fourth-order valence-corrected chi connectivity index (χ4v) is 3.99. The van der Waals surface area contributed by atoms with Crippen molar-refractivity contribution in [1.29, 1.82) is 0 Å². The molecular weight excluding hydrogens is 260 g/mol. The second kappa shape index (κ2) is 7.94. The summed E-state index contributed by atoms with van der Waals surface area (Å²) in [6.45, 7) is 11.2. The molecule has 3 heteroatoms. The van der Waals surface area contributed by atoms with Crippen LogP contribution in [0.25, 0.3) is 0 Å². The monoisotopic (exact) mass is 296 g/mol. The minimum Gasteiger partial charge on any atom is -0.393 e. The maximum Gasteiger partial charge on any atom is 0.0566 e. The molecule has 3 unspecified atom stereocenters. The lowest BCUT2D eigenvalue weighted by Gasteiger charge is -2.42. The van der Waals surface area contributed by atoms with Gasteiger partial charge in [0.25, 0.3) is 0 Å². The number of hydrogen-bond acceptors (Lipinski definition) is 3. The molecule has 21 heavy (non-hydrogen) atoms. The summed E-state index contributed by atoms with van der Waals surface area (Å²) in [5.74, 6) is 1.01. The highest BCUT2D eigenvalue weighted by Crippen LogP contribution is 2.27. The highest BCUT2D eigenvalue weighted by atomic mass is 16.3. The SMILES string of the molecule is CC(C)C(O)CC1CC(NC2CCCC2)CN(C(C)C)C1. The summed E-state index contributed by atoms with van der Waals surface area (Å²) in [5, 5.41) is 14.1. The van der Waals surface area contributed by atoms with Crippen molar-refractivity contribution in [2.24, 2.45) is 11.8 Å². The fraction of sp³-hybridized carbons (Fsp3) is 1.00. The summed E-state index contributed by atoms with van der Waals surface area (Å²) in [4.78, 5) is 2.60. The maximum absolute atomic E-state index is 10.2. The van der Waals surface area contributed by atoms with Gasteiger partial charge in [0.1, 0.15) is 0 Å². The van der Waals surface area contributed by atoms with E-state index >= 15 is 0 Å². The number of piperidine rings is 1. The van der Waals surface area contributed by atoms with Crippen LogP contribution in [0.5, 0.6) is 0 Å². The van der Waals surface area contributed by atoms with E-state index in [1.807, 2.05) is 0 Å². The summed E-state index contributed by atoms with van der Waals surface area (Å²) >= 11 is 0. The van der Waals surface area contributed by atoms with Crippen molar-refractivity contribution in [1.82, 2.24) is 10.2 Å². The molecule has 1 aliphatic heterocycles. The van der Waals surface area contributed by atoms with Crippen molar-refractivity contribution in [3.05, 3.63) is 0 Å². The molecule has 2 rings (SSSR count). The summed E-state index contributed by atoms with van der Waals surface area (Å²) < 4.78 is 0. The van der Waals surface area contributed by atoms with Gasteiger partial charge in [0, 0.05) is 31.2 Å². The smallest absolute Gasteiger partial charge is 0.0566 e. The predicted octanol–water partition coefficient (Wildman–Crippen LogP) is 3.02. The standard InChI is InChI=1S/C18H36N2O/c1-13(2)18(21)10-15-9-17(12-20(11-15)14(3)4)19-16-7-5-6-8-16/h13-19,21H,5-12H2,1-4H3. The third-order valence-corrected chi connectivity index (χ3v) is 5.47. The minimum atomic E-state index is -0.144. The van der Waals surface area contributed by atoms with E-state index in [0.717, 1.165) is 19.0 Å². The Labute approximate surface area is 131 Å². The Morgan fingerprint density at radius 2 is 1.71 bits per heavy atom. The molecule has 2 N–H and O–H groups in total. The molecule has 2 aliphatic rings. The summed E-state index contributed by atoms with van der Waals surface area (Å²) in [6, 6.07) is 1.98. The van der Waals surface area contributed by atoms with E-state index in [2.05, 4.69) is 37.9 Å². The van der Waals surface area contributed by atoms with Crippen molar-refractivity contribution >= 4 is 0 Å². The zero-order chi connectivity index (χ0) is 15.4. The number of rotatable bonds is 6. The van der Waals surface area contributed by atoms with Crippen molar-refractivity contribution in [2.45, 2.75) is 90.4 Å². The number of likely N-dealkylation sites (tertiary alicyclic amines) is 1. The molecule has 1 saturated carbocycles. The van der Waals surface area contributed by atoms with Crippen LogP contribution in [0.4, 0.5) is 0 Å². The first-order valence-electron chi connectivity index (χ1n) is 9.13. The van der Waals surface area contributed by atoms with Gasteiger partial charge in [-0.3, -0.25) is 4.90 Å². The Morgan fingerprint density at radius 3 is 2.29 bits per heavy atom. The first-order valence-corrected chi connectivity index (χ1v) is 9.13. The molecule has 3 nitrogen and oxygen atoms in total. The fourth-order valence-electron chi connectivity index (χ4n) is 3.99. The maximum atomic E-state index is 10.2. The minimum absolute atomic E-state index is 0.144. The van der Waals surface area contributed by atoms with Crippen LogP contribution in [-0.4, -0.2) is 47.3 Å². The molecule has 0 aromatic carbocycles. The van der Waals surface area contributed by atoms with Crippen molar-refractivity contribution in [2.75, 3.05) is 13.1 Å². The lowest BCUT2D eigenvalue weighted by atomic mass is 9.86. The first-order chi connectivity index (χ1) is 9.95. The van der Waals surface area contributed by atoms with Crippen LogP contribution < -0.4 is 5.32 Å². The van der Waals surface area contributed by atoms with Gasteiger partial charge in [0.05, 0.1) is 6.10 Å². The second-order valence-corrected chi connectivity index (χ2v) is 8.04. The van der Waals surface area contributed by atoms with Crippen LogP contribution in [0.3, 0.4) is 0 Å². The summed E-state index contributed by atoms with van der Waals surface area (Å²) in [5.41, 5.74) is 0. The van der Waals surface area contributed by atoms with Crippen LogP contribution in [0.2, 0.25) is 0 Å². The van der Waals surface area contributed by atoms with Crippen molar-refractivity contribution in [3.63, 3.8) is 0 Å². The Morgan fingerprint density at radius 1 is 1.05 bits per heavy atom. The Bertz CT molecular complexity index is 284. The number of aliphatic hydroxyl groups is 1. The van der Waals surface area contributed by atoms with Crippen LogP contribution >= 0.6 is 0 Å². The molecule has 0 aromatic rings. The van der Waals surface area contributed by atoms with Gasteiger partial charge in [0.2, 0.25) is 0 Å². The van der Waals surface area contributed by atoms with Gasteiger partial charge in [-0.2, -0.15) is 0 Å². The third-order valence-electron chi connectivity index (χ3n) is 5.47. The molecule has 1 aliphatic carbocycles. The largest absolute Gasteiger partial charge is 0.393 e. The molecular formula is C18H36N2O. The zero-order valence-electron chi connectivity index (χ0n) is 14.5. The summed E-state index contributed by atoms with van der Waals surface area (Å²) in [7, 11) is 0. The lowest BCUT2D eigenvalue weighted by Crippen LogP contribution is -2.53. The molecule has 1 saturated heterocycles. The van der Waals surface area contributed by atoms with Gasteiger partial charge in [-0.1, -0.05) is 26.7 Å². The van der Waals surface area contributed by atoms with Crippen LogP contribution in [-0.2, 0) is 0 Å². The molecule has 1 heterocycles. The lowest BCUT2D eigenvalue weighted by molar-refractivity contribution is 0.0501. The molecule has 0 aromatic heterocycles. The van der Waals surface area contributed by atoms with E-state index in [4.69, 9.17) is 0 Å². The molecule has 124 valence electrons. The first kappa shape index (κ1) is 17.2. The normalized spacial score (nSPS) is 30.4. The quantitative estimate of drug-likeness (QED) is 0.791. The molecule has 0 amide bonds. The van der Waals surface area contributed by atoms with Gasteiger partial charge in [0.15, 0.2) is 0 Å². The van der Waals surface area contributed by atoms with Crippen LogP contribution in [0.15, 0.2) is 0 Å². The van der Waals surface area contributed by atoms with Crippen LogP contribution in [0, 0.1) is 11.8 Å². The Hall–Kier alpha value is -0.120. The Kier molecular flexibility index (Phi) is 6.51. The van der Waals surface area contributed by atoms with Crippen molar-refractivity contribution < 1.29 is 5.11 Å². The predicted molar refractivity (Wildman–Crippen MR) is 89.5 cm³/mol. The zero-order valence-corrected chi connectivity index (χ0v) is 14.5. The molecule has 0 spiro atoms. The molecule has 3 atom stereocenters. The average Bonchev–Trinajstić information content (AvgIpc) is 2.91. The highest BCUT2D eigenvalue weighted by Gasteiger charge is 2.31. The number of nitrogens with zero attached hydrogens (tertiary/aromatic N) is 1. The van der Waals surface area contributed by atoms with Gasteiger partial charge in [-0.05, 0) is 51.4 Å². The summed E-state index contributed by atoms with van der Waals surface area (Å²) in [6.07, 6.45) is 7.57. The number of nitrogens with one attached hydrogen (secondary N) is 1. The average molecular weight is 296 g/mol. The van der Waals surface area contributed by atoms with E-state index in [0.29, 0.717) is 23.9 Å². The second-order valence-electron chi connectivity index (χ2n) is 8.04. The van der Waals surface area contributed by atoms with Gasteiger partial charge in [-0.25, -0.2) is 0 Å². The molecule has 0 radical (unpaired) electrons. The van der Waals surface area contributed by atoms with E-state index in [-0.39, 0.29) is 6.10 Å². The topological polar surface area (TPSA) is 35.5 Å². The van der Waals surface area contributed by atoms with E-state index in [9.17, 15) is 5.11 Å². The number of hydrogen-bond donors (Lipinski definition) is 2. The molecule has 0 bridgehead atoms. The van der Waals surface area contributed by atoms with Gasteiger partial charge in [-0.15, -0.1) is 0 Å².